The molecule has 0 saturated carbocycles. The van der Waals surface area contributed by atoms with Gasteiger partial charge in [-0.05, 0) is 128 Å². The van der Waals surface area contributed by atoms with Crippen molar-refractivity contribution in [3.63, 3.8) is 0 Å². The molecule has 0 aliphatic heterocycles. The van der Waals surface area contributed by atoms with Crippen LogP contribution < -0.4 is 4.90 Å². The predicted molar refractivity (Wildman–Crippen MR) is 292 cm³/mol. The molecule has 0 aliphatic rings. The molecule has 3 nitrogen and oxygen atoms in total. The Kier molecular flexibility index (Phi) is 8.90. The zero-order valence-corrected chi connectivity index (χ0v) is 37.6. The molecule has 322 valence electrons. The van der Waals surface area contributed by atoms with Crippen LogP contribution in [-0.2, 0) is 0 Å². The van der Waals surface area contributed by atoms with Crippen molar-refractivity contribution in [3.8, 4) is 39.1 Å². The SMILES string of the molecule is c1cc(-c2ccc(N(c3ccc(-c4cc5ccccc5c5ccccc45)cc3)c3ccc(-c4cccc5c4oc4c6ccccc6ccc54)cc3)cc2)cc(-n2c3ccccc3c3ccccc32)c1. The molecule has 0 N–H and O–H groups in total. The molecular formula is C66H42N2O. The van der Waals surface area contributed by atoms with Gasteiger partial charge in [-0.25, -0.2) is 0 Å². The van der Waals surface area contributed by atoms with Crippen molar-refractivity contribution in [1.82, 2.24) is 4.57 Å². The van der Waals surface area contributed by atoms with Gasteiger partial charge < -0.3 is 13.9 Å². The molecule has 0 radical (unpaired) electrons. The monoisotopic (exact) mass is 878 g/mol. The second-order valence-corrected chi connectivity index (χ2v) is 18.0. The van der Waals surface area contributed by atoms with Crippen molar-refractivity contribution >= 4 is 93.1 Å². The molecule has 12 aromatic carbocycles. The normalized spacial score (nSPS) is 11.8. The minimum Gasteiger partial charge on any atom is -0.455 e. The summed E-state index contributed by atoms with van der Waals surface area (Å²) in [4.78, 5) is 2.36. The highest BCUT2D eigenvalue weighted by atomic mass is 16.3. The molecule has 0 unspecified atom stereocenters. The number of hydrogen-bond acceptors (Lipinski definition) is 2. The van der Waals surface area contributed by atoms with Crippen LogP contribution in [0.5, 0.6) is 0 Å². The van der Waals surface area contributed by atoms with Crippen LogP contribution in [-0.4, -0.2) is 4.57 Å². The third-order valence-corrected chi connectivity index (χ3v) is 14.2. The van der Waals surface area contributed by atoms with Crippen molar-refractivity contribution < 1.29 is 4.42 Å². The maximum absolute atomic E-state index is 6.77. The van der Waals surface area contributed by atoms with Crippen molar-refractivity contribution in [2.45, 2.75) is 0 Å². The molecule has 0 amide bonds. The standard InChI is InChI=1S/C66H42N2O/c1-4-18-54-44(13-1)33-40-61-60-24-12-23-55(65(60)69-66(54)61)45-29-36-50(37-30-45)67(51-38-31-46(32-39-51)62-42-48-14-2-3-17-53(48)56-19-5-6-20-57(56)62)49-34-27-43(28-35-49)47-15-11-16-52(41-47)68-63-25-9-7-21-58(63)59-22-8-10-26-64(59)68/h1-42H. The maximum Gasteiger partial charge on any atom is 0.143 e. The number of para-hydroxylation sites is 3. The van der Waals surface area contributed by atoms with Crippen molar-refractivity contribution in [2.75, 3.05) is 4.90 Å². The second-order valence-electron chi connectivity index (χ2n) is 18.0. The molecule has 0 fully saturated rings. The second kappa shape index (κ2) is 15.7. The number of hydrogen-bond donors (Lipinski definition) is 0. The molecular weight excluding hydrogens is 837 g/mol. The first-order valence-electron chi connectivity index (χ1n) is 23.7. The van der Waals surface area contributed by atoms with Crippen LogP contribution in [0.15, 0.2) is 259 Å². The zero-order valence-electron chi connectivity index (χ0n) is 37.6. The van der Waals surface area contributed by atoms with E-state index in [1.54, 1.807) is 0 Å². The molecule has 0 saturated heterocycles. The number of furan rings is 1. The Hall–Kier alpha value is -9.18. The maximum atomic E-state index is 6.77. The van der Waals surface area contributed by atoms with Crippen molar-refractivity contribution in [3.05, 3.63) is 255 Å². The van der Waals surface area contributed by atoms with Gasteiger partial charge in [-0.15, -0.1) is 0 Å². The molecule has 69 heavy (non-hydrogen) atoms. The van der Waals surface area contributed by atoms with Crippen molar-refractivity contribution in [2.24, 2.45) is 0 Å². The summed E-state index contributed by atoms with van der Waals surface area (Å²) in [6, 6.07) is 92.4. The number of anilines is 3. The third kappa shape index (κ3) is 6.36. The van der Waals surface area contributed by atoms with Gasteiger partial charge in [0.2, 0.25) is 0 Å². The van der Waals surface area contributed by atoms with E-state index in [-0.39, 0.29) is 0 Å². The lowest BCUT2D eigenvalue weighted by Crippen LogP contribution is -2.09. The Morgan fingerprint density at radius 2 is 0.783 bits per heavy atom. The number of benzene rings is 12. The van der Waals surface area contributed by atoms with E-state index in [1.807, 2.05) is 0 Å². The van der Waals surface area contributed by atoms with E-state index < -0.39 is 0 Å². The molecule has 14 aromatic rings. The fourth-order valence-corrected chi connectivity index (χ4v) is 10.9. The van der Waals surface area contributed by atoms with Gasteiger partial charge in [-0.2, -0.15) is 0 Å². The first-order valence-corrected chi connectivity index (χ1v) is 23.7. The van der Waals surface area contributed by atoms with Crippen LogP contribution in [0.2, 0.25) is 0 Å². The van der Waals surface area contributed by atoms with Crippen molar-refractivity contribution in [1.29, 1.82) is 0 Å². The highest BCUT2D eigenvalue weighted by molar-refractivity contribution is 6.17. The molecule has 14 rings (SSSR count). The van der Waals surface area contributed by atoms with E-state index in [0.29, 0.717) is 0 Å². The highest BCUT2D eigenvalue weighted by Crippen LogP contribution is 2.43. The number of rotatable bonds is 7. The largest absolute Gasteiger partial charge is 0.455 e. The average Bonchev–Trinajstić information content (AvgIpc) is 3.98. The average molecular weight is 879 g/mol. The number of fused-ring (bicyclic) bond motifs is 11. The number of nitrogens with zero attached hydrogens (tertiary/aromatic N) is 2. The van der Waals surface area contributed by atoms with Crippen LogP contribution in [0.4, 0.5) is 17.1 Å². The van der Waals surface area contributed by atoms with Crippen LogP contribution >= 0.6 is 0 Å². The summed E-state index contributed by atoms with van der Waals surface area (Å²) in [6.07, 6.45) is 0. The first kappa shape index (κ1) is 39.0. The summed E-state index contributed by atoms with van der Waals surface area (Å²) < 4.78 is 9.15. The summed E-state index contributed by atoms with van der Waals surface area (Å²) >= 11 is 0. The summed E-state index contributed by atoms with van der Waals surface area (Å²) in [5.74, 6) is 0. The van der Waals surface area contributed by atoms with Gasteiger partial charge >= 0.3 is 0 Å². The van der Waals surface area contributed by atoms with E-state index in [0.717, 1.165) is 72.3 Å². The molecule has 0 aliphatic carbocycles. The van der Waals surface area contributed by atoms with Gasteiger partial charge in [-0.3, -0.25) is 0 Å². The van der Waals surface area contributed by atoms with E-state index >= 15 is 0 Å². The van der Waals surface area contributed by atoms with Crippen LogP contribution in [0.25, 0.3) is 115 Å². The molecule has 0 spiro atoms. The summed E-state index contributed by atoms with van der Waals surface area (Å²) in [5, 5.41) is 12.1. The Morgan fingerprint density at radius 1 is 0.275 bits per heavy atom. The Bertz CT molecular complexity index is 4240. The van der Waals surface area contributed by atoms with Gasteiger partial charge in [-0.1, -0.05) is 182 Å². The lowest BCUT2D eigenvalue weighted by Gasteiger charge is -2.26. The van der Waals surface area contributed by atoms with Gasteiger partial charge in [0.25, 0.3) is 0 Å². The quantitative estimate of drug-likeness (QED) is 0.149. The molecule has 2 aromatic heterocycles. The van der Waals surface area contributed by atoms with E-state index in [1.165, 1.54) is 59.9 Å². The Morgan fingerprint density at radius 3 is 1.46 bits per heavy atom. The first-order chi connectivity index (χ1) is 34.2. The lowest BCUT2D eigenvalue weighted by molar-refractivity contribution is 0.674. The van der Waals surface area contributed by atoms with Gasteiger partial charge in [0.1, 0.15) is 11.2 Å². The fraction of sp³-hybridized carbons (Fsp3) is 0. The van der Waals surface area contributed by atoms with E-state index in [9.17, 15) is 0 Å². The summed E-state index contributed by atoms with van der Waals surface area (Å²) in [6.45, 7) is 0. The zero-order chi connectivity index (χ0) is 45.4. The van der Waals surface area contributed by atoms with E-state index in [2.05, 4.69) is 264 Å². The number of aromatic nitrogens is 1. The molecule has 2 heterocycles. The molecule has 0 atom stereocenters. The third-order valence-electron chi connectivity index (χ3n) is 14.2. The molecule has 3 heteroatoms. The van der Waals surface area contributed by atoms with Gasteiger partial charge in [0.15, 0.2) is 0 Å². The highest BCUT2D eigenvalue weighted by Gasteiger charge is 2.19. The van der Waals surface area contributed by atoms with Gasteiger partial charge in [0, 0.05) is 55.2 Å². The van der Waals surface area contributed by atoms with Gasteiger partial charge in [0.05, 0.1) is 11.0 Å². The fourth-order valence-electron chi connectivity index (χ4n) is 10.9. The summed E-state index contributed by atoms with van der Waals surface area (Å²) in [7, 11) is 0. The predicted octanol–water partition coefficient (Wildman–Crippen LogP) is 18.6. The van der Waals surface area contributed by atoms with Crippen LogP contribution in [0.3, 0.4) is 0 Å². The van der Waals surface area contributed by atoms with E-state index in [4.69, 9.17) is 4.42 Å². The molecule has 0 bridgehead atoms. The Labute approximate surface area is 399 Å². The summed E-state index contributed by atoms with van der Waals surface area (Å²) in [5.41, 5.74) is 15.5. The minimum atomic E-state index is 0.906. The van der Waals surface area contributed by atoms with Crippen LogP contribution in [0, 0.1) is 0 Å². The smallest absolute Gasteiger partial charge is 0.143 e. The topological polar surface area (TPSA) is 21.3 Å². The minimum absolute atomic E-state index is 0.906. The van der Waals surface area contributed by atoms with Crippen LogP contribution in [0.1, 0.15) is 0 Å². The lowest BCUT2D eigenvalue weighted by atomic mass is 9.93. The Balaban J connectivity index is 0.865.